The monoisotopic (exact) mass is 554 g/mol. The van der Waals surface area contributed by atoms with Crippen LogP contribution in [0.3, 0.4) is 0 Å². The van der Waals surface area contributed by atoms with Crippen molar-refractivity contribution in [3.63, 3.8) is 0 Å². The van der Waals surface area contributed by atoms with Gasteiger partial charge < -0.3 is 20.7 Å². The summed E-state index contributed by atoms with van der Waals surface area (Å²) in [6, 6.07) is 15.5. The Kier molecular flexibility index (Phi) is 7.68. The number of nitriles is 1. The fourth-order valence-corrected chi connectivity index (χ4v) is 4.90. The third kappa shape index (κ3) is 5.73. The summed E-state index contributed by atoms with van der Waals surface area (Å²) >= 11 is 0. The van der Waals surface area contributed by atoms with E-state index in [2.05, 4.69) is 21.4 Å². The topological polar surface area (TPSA) is 135 Å². The Hall–Kier alpha value is -4.82. The number of benzene rings is 2. The Labute approximate surface area is 237 Å². The van der Waals surface area contributed by atoms with Crippen LogP contribution >= 0.6 is 0 Å². The zero-order valence-corrected chi connectivity index (χ0v) is 23.1. The number of anilines is 1. The highest BCUT2D eigenvalue weighted by atomic mass is 19.1. The number of carbonyl (C=O) groups is 1. The third-order valence-electron chi connectivity index (χ3n) is 7.22. The number of ether oxygens (including phenoxy) is 1. The van der Waals surface area contributed by atoms with Crippen molar-refractivity contribution in [1.29, 1.82) is 5.26 Å². The lowest BCUT2D eigenvalue weighted by molar-refractivity contribution is -0.128. The SMILES string of the molecule is CNC(C)(C)C=C(C#N)C(=O)N1CCCC(n2nc(-c3ccc(Oc4ccccc4)cc3F)c3c(N)ncnc32)C1. The summed E-state index contributed by atoms with van der Waals surface area (Å²) in [6.45, 7) is 4.59. The number of piperidine rings is 1. The van der Waals surface area contributed by atoms with E-state index in [1.54, 1.807) is 47.0 Å². The van der Waals surface area contributed by atoms with Crippen molar-refractivity contribution in [1.82, 2.24) is 30.0 Å². The average molecular weight is 555 g/mol. The van der Waals surface area contributed by atoms with Gasteiger partial charge in [0, 0.05) is 30.3 Å². The number of nitrogens with zero attached hydrogens (tertiary/aromatic N) is 6. The Balaban J connectivity index is 1.48. The first-order chi connectivity index (χ1) is 19.7. The minimum atomic E-state index is -0.537. The molecule has 0 radical (unpaired) electrons. The number of nitrogens with two attached hydrogens (primary N) is 1. The zero-order valence-electron chi connectivity index (χ0n) is 23.1. The molecule has 1 saturated heterocycles. The molecule has 1 atom stereocenters. The van der Waals surface area contributed by atoms with Gasteiger partial charge in [0.25, 0.3) is 5.91 Å². The second-order valence-electron chi connectivity index (χ2n) is 10.5. The van der Waals surface area contributed by atoms with E-state index in [0.717, 1.165) is 0 Å². The molecule has 1 fully saturated rings. The molecule has 0 spiro atoms. The summed E-state index contributed by atoms with van der Waals surface area (Å²) in [6.07, 6.45) is 4.39. The van der Waals surface area contributed by atoms with Crippen LogP contribution in [0.1, 0.15) is 32.7 Å². The molecule has 1 amide bonds. The molecule has 41 heavy (non-hydrogen) atoms. The molecule has 3 heterocycles. The van der Waals surface area contributed by atoms with E-state index in [4.69, 9.17) is 15.6 Å². The summed E-state index contributed by atoms with van der Waals surface area (Å²) in [4.78, 5) is 23.5. The molecule has 0 bridgehead atoms. The van der Waals surface area contributed by atoms with Crippen LogP contribution in [0.15, 0.2) is 66.5 Å². The van der Waals surface area contributed by atoms with Gasteiger partial charge in [0.1, 0.15) is 46.8 Å². The van der Waals surface area contributed by atoms with E-state index in [0.29, 0.717) is 54.2 Å². The van der Waals surface area contributed by atoms with Gasteiger partial charge in [-0.15, -0.1) is 0 Å². The number of fused-ring (bicyclic) bond motifs is 1. The first kappa shape index (κ1) is 27.7. The third-order valence-corrected chi connectivity index (χ3v) is 7.22. The predicted octanol–water partition coefficient (Wildman–Crippen LogP) is 4.62. The summed E-state index contributed by atoms with van der Waals surface area (Å²) in [7, 11) is 1.77. The van der Waals surface area contributed by atoms with Gasteiger partial charge >= 0.3 is 0 Å². The highest BCUT2D eigenvalue weighted by Gasteiger charge is 2.31. The number of likely N-dealkylation sites (N-methyl/N-ethyl adjacent to an activating group) is 1. The van der Waals surface area contributed by atoms with Crippen LogP contribution in [0.5, 0.6) is 11.5 Å². The van der Waals surface area contributed by atoms with Gasteiger partial charge in [-0.3, -0.25) is 4.79 Å². The van der Waals surface area contributed by atoms with Crippen LogP contribution in [0.4, 0.5) is 10.2 Å². The van der Waals surface area contributed by atoms with Crippen molar-refractivity contribution < 1.29 is 13.9 Å². The van der Waals surface area contributed by atoms with Crippen molar-refractivity contribution in [2.24, 2.45) is 0 Å². The highest BCUT2D eigenvalue weighted by molar-refractivity contribution is 5.99. The van der Waals surface area contributed by atoms with Gasteiger partial charge in [0.2, 0.25) is 0 Å². The summed E-state index contributed by atoms with van der Waals surface area (Å²) < 4.78 is 23.0. The van der Waals surface area contributed by atoms with E-state index in [-0.39, 0.29) is 28.9 Å². The molecule has 10 nitrogen and oxygen atoms in total. The number of rotatable bonds is 7. The van der Waals surface area contributed by atoms with Crippen LogP contribution in [-0.2, 0) is 4.79 Å². The lowest BCUT2D eigenvalue weighted by Gasteiger charge is -2.33. The molecular weight excluding hydrogens is 523 g/mol. The number of likely N-dealkylation sites (tertiary alicyclic amines) is 1. The van der Waals surface area contributed by atoms with Crippen LogP contribution in [-0.4, -0.2) is 56.2 Å². The van der Waals surface area contributed by atoms with Gasteiger partial charge in [-0.2, -0.15) is 10.4 Å². The van der Waals surface area contributed by atoms with Gasteiger partial charge in [0.15, 0.2) is 5.65 Å². The van der Waals surface area contributed by atoms with Crippen LogP contribution in [0.25, 0.3) is 22.3 Å². The average Bonchev–Trinajstić information content (AvgIpc) is 3.37. The maximum atomic E-state index is 15.5. The Morgan fingerprint density at radius 2 is 2.00 bits per heavy atom. The van der Waals surface area contributed by atoms with Gasteiger partial charge in [-0.1, -0.05) is 18.2 Å². The Morgan fingerprint density at radius 1 is 1.22 bits per heavy atom. The van der Waals surface area contributed by atoms with Crippen molar-refractivity contribution in [3.8, 4) is 28.8 Å². The molecule has 1 aliphatic rings. The Bertz CT molecular complexity index is 1660. The molecule has 210 valence electrons. The second kappa shape index (κ2) is 11.3. The Morgan fingerprint density at radius 3 is 2.71 bits per heavy atom. The first-order valence-electron chi connectivity index (χ1n) is 13.3. The van der Waals surface area contributed by atoms with E-state index < -0.39 is 11.4 Å². The fourth-order valence-electron chi connectivity index (χ4n) is 4.90. The van der Waals surface area contributed by atoms with Crippen molar-refractivity contribution in [2.45, 2.75) is 38.3 Å². The lowest BCUT2D eigenvalue weighted by Crippen LogP contribution is -2.42. The fraction of sp³-hybridized carbons (Fsp3) is 0.300. The number of halogens is 1. The molecule has 2 aromatic carbocycles. The number of nitrogens with one attached hydrogen (secondary N) is 1. The maximum Gasteiger partial charge on any atom is 0.264 e. The predicted molar refractivity (Wildman–Crippen MR) is 153 cm³/mol. The second-order valence-corrected chi connectivity index (χ2v) is 10.5. The normalized spacial score (nSPS) is 16.0. The van der Waals surface area contributed by atoms with E-state index in [1.165, 1.54) is 12.4 Å². The summed E-state index contributed by atoms with van der Waals surface area (Å²) in [5.41, 5.74) is 6.78. The summed E-state index contributed by atoms with van der Waals surface area (Å²) in [5.74, 6) is 0.228. The minimum Gasteiger partial charge on any atom is -0.457 e. The van der Waals surface area contributed by atoms with E-state index in [1.807, 2.05) is 32.0 Å². The molecule has 3 N–H and O–H groups in total. The van der Waals surface area contributed by atoms with E-state index in [9.17, 15) is 10.1 Å². The number of carbonyl (C=O) groups excluding carboxylic acids is 1. The van der Waals surface area contributed by atoms with Gasteiger partial charge in [-0.05, 0) is 64.1 Å². The molecule has 11 heteroatoms. The molecule has 2 aromatic heterocycles. The molecular formula is C30H31FN8O2. The van der Waals surface area contributed by atoms with Crippen molar-refractivity contribution in [3.05, 3.63) is 72.3 Å². The lowest BCUT2D eigenvalue weighted by atomic mass is 10.00. The van der Waals surface area contributed by atoms with Crippen LogP contribution in [0.2, 0.25) is 0 Å². The van der Waals surface area contributed by atoms with Crippen molar-refractivity contribution >= 4 is 22.8 Å². The molecule has 0 saturated carbocycles. The van der Waals surface area contributed by atoms with Crippen molar-refractivity contribution in [2.75, 3.05) is 25.9 Å². The number of aromatic nitrogens is 4. The summed E-state index contributed by atoms with van der Waals surface area (Å²) in [5, 5.41) is 18.0. The molecule has 1 unspecified atom stereocenters. The molecule has 4 aromatic rings. The number of hydrogen-bond acceptors (Lipinski definition) is 8. The molecule has 0 aliphatic carbocycles. The number of nitrogen functional groups attached to an aromatic ring is 1. The first-order valence-corrected chi connectivity index (χ1v) is 13.3. The molecule has 1 aliphatic heterocycles. The van der Waals surface area contributed by atoms with E-state index >= 15 is 4.39 Å². The smallest absolute Gasteiger partial charge is 0.264 e. The van der Waals surface area contributed by atoms with Gasteiger partial charge in [0.05, 0.1) is 11.4 Å². The number of amides is 1. The van der Waals surface area contributed by atoms with Gasteiger partial charge in [-0.25, -0.2) is 19.0 Å². The number of para-hydroxylation sites is 1. The molecule has 5 rings (SSSR count). The maximum absolute atomic E-state index is 15.5. The van der Waals surface area contributed by atoms with Crippen LogP contribution in [0, 0.1) is 17.1 Å². The van der Waals surface area contributed by atoms with Crippen LogP contribution < -0.4 is 15.8 Å². The number of hydrogen-bond donors (Lipinski definition) is 2. The standard InChI is InChI=1S/C30H31FN8O2/c1-30(2,34-3)15-19(16-32)29(40)38-13-7-8-20(17-38)39-28-25(27(33)35-18-36-28)26(37-39)23-12-11-22(14-24(23)31)41-21-9-5-4-6-10-21/h4-6,9-12,14-15,18,20,34H,7-8,13,17H2,1-3H3,(H2,33,35,36). The largest absolute Gasteiger partial charge is 0.457 e. The minimum absolute atomic E-state index is 0.0717. The highest BCUT2D eigenvalue weighted by Crippen LogP contribution is 2.36. The zero-order chi connectivity index (χ0) is 29.1. The quantitative estimate of drug-likeness (QED) is 0.250.